The summed E-state index contributed by atoms with van der Waals surface area (Å²) < 4.78 is 5.17. The van der Waals surface area contributed by atoms with Gasteiger partial charge < -0.3 is 25.6 Å². The third kappa shape index (κ3) is 10.4. The molecule has 1 aromatic rings. The molecular formula is C18H29N3O7. The van der Waals surface area contributed by atoms with Crippen molar-refractivity contribution in [3.63, 3.8) is 0 Å². The van der Waals surface area contributed by atoms with Crippen LogP contribution in [0.3, 0.4) is 0 Å². The minimum Gasteiger partial charge on any atom is -0.497 e. The number of hydrogen-bond acceptors (Lipinski definition) is 7. The van der Waals surface area contributed by atoms with Crippen molar-refractivity contribution in [1.82, 2.24) is 4.90 Å². The molecule has 28 heavy (non-hydrogen) atoms. The van der Waals surface area contributed by atoms with Crippen LogP contribution in [-0.2, 0) is 16.0 Å². The molecule has 1 aromatic carbocycles. The summed E-state index contributed by atoms with van der Waals surface area (Å²) in [5, 5.41) is 25.9. The first-order valence-corrected chi connectivity index (χ1v) is 8.96. The van der Waals surface area contributed by atoms with Crippen LogP contribution in [0.15, 0.2) is 18.2 Å². The summed E-state index contributed by atoms with van der Waals surface area (Å²) in [5.74, 6) is -2.99. The van der Waals surface area contributed by atoms with Crippen molar-refractivity contribution in [2.45, 2.75) is 32.6 Å². The number of unbranched alkanes of at least 4 members (excludes halogenated alkanes) is 1. The summed E-state index contributed by atoms with van der Waals surface area (Å²) in [5.41, 5.74) is 6.42. The number of hydrogen-bond donors (Lipinski definition) is 3. The molecule has 10 heteroatoms. The fraction of sp³-hybridized carbons (Fsp3) is 0.556. The number of carboxylic acid groups (broad SMARTS) is 2. The monoisotopic (exact) mass is 399 g/mol. The van der Waals surface area contributed by atoms with E-state index in [4.69, 9.17) is 30.3 Å². The van der Waals surface area contributed by atoms with Gasteiger partial charge in [-0.25, -0.2) is 9.59 Å². The lowest BCUT2D eigenvalue weighted by Crippen LogP contribution is -2.28. The Bertz CT molecular complexity index is 626. The Morgan fingerprint density at radius 1 is 1.18 bits per heavy atom. The number of methoxy groups -OCH3 is 1. The summed E-state index contributed by atoms with van der Waals surface area (Å²) in [6.45, 7) is 5.66. The maximum absolute atomic E-state index is 11.1. The molecule has 0 saturated heterocycles. The molecule has 0 amide bonds. The average Bonchev–Trinajstić information content (AvgIpc) is 2.66. The smallest absolute Gasteiger partial charge is 0.414 e. The molecule has 0 aliphatic carbocycles. The van der Waals surface area contributed by atoms with Gasteiger partial charge in [0.05, 0.1) is 12.0 Å². The summed E-state index contributed by atoms with van der Waals surface area (Å²) in [4.78, 5) is 31.4. The van der Waals surface area contributed by atoms with Gasteiger partial charge in [-0.3, -0.25) is 10.1 Å². The first kappa shape index (κ1) is 25.3. The number of nitrogens with zero attached hydrogens (tertiary/aromatic N) is 2. The molecule has 0 unspecified atom stereocenters. The topological polar surface area (TPSA) is 156 Å². The number of rotatable bonds is 11. The Morgan fingerprint density at radius 3 is 2.29 bits per heavy atom. The Balaban J connectivity index is 0.00000105. The van der Waals surface area contributed by atoms with Gasteiger partial charge in [-0.15, -0.1) is 0 Å². The Kier molecular flexibility index (Phi) is 13.0. The summed E-state index contributed by atoms with van der Waals surface area (Å²) >= 11 is 0. The standard InChI is InChI=1S/C16H27N3O3.C2H2O4/c1-3-10-18(11-5-4-9-17)12-8-14-13-15(22-2)6-7-16(14)19(20)21;3-1(4)2(5)6/h6-7,13H,3-5,8-12,17H2,1-2H3;(H,3,4)(H,5,6). The SMILES string of the molecule is CCCN(CCCCN)CCc1cc(OC)ccc1[N+](=O)[O-].O=C(O)C(=O)O. The van der Waals surface area contributed by atoms with E-state index in [9.17, 15) is 10.1 Å². The van der Waals surface area contributed by atoms with E-state index in [-0.39, 0.29) is 10.6 Å². The molecule has 158 valence electrons. The first-order valence-electron chi connectivity index (χ1n) is 8.96. The van der Waals surface area contributed by atoms with Gasteiger partial charge >= 0.3 is 11.9 Å². The predicted octanol–water partition coefficient (Wildman–Crippen LogP) is 1.75. The van der Waals surface area contributed by atoms with Crippen molar-refractivity contribution in [1.29, 1.82) is 0 Å². The van der Waals surface area contributed by atoms with E-state index in [1.54, 1.807) is 19.2 Å². The molecule has 0 aliphatic rings. The average molecular weight is 399 g/mol. The highest BCUT2D eigenvalue weighted by Crippen LogP contribution is 2.24. The van der Waals surface area contributed by atoms with E-state index in [0.29, 0.717) is 18.7 Å². The third-order valence-corrected chi connectivity index (χ3v) is 3.83. The molecule has 1 rings (SSSR count). The minimum atomic E-state index is -1.82. The Labute approximate surface area is 164 Å². The lowest BCUT2D eigenvalue weighted by molar-refractivity contribution is -0.385. The number of ether oxygens (including phenoxy) is 1. The quantitative estimate of drug-likeness (QED) is 0.218. The van der Waals surface area contributed by atoms with Crippen LogP contribution in [-0.4, -0.2) is 65.3 Å². The zero-order chi connectivity index (χ0) is 21.5. The number of carboxylic acids is 2. The molecule has 0 spiro atoms. The molecule has 0 heterocycles. The highest BCUT2D eigenvalue weighted by molar-refractivity contribution is 6.27. The molecule has 0 bridgehead atoms. The van der Waals surface area contributed by atoms with Gasteiger partial charge in [0.15, 0.2) is 0 Å². The van der Waals surface area contributed by atoms with E-state index in [0.717, 1.165) is 44.5 Å². The number of nitro groups is 1. The van der Waals surface area contributed by atoms with Crippen molar-refractivity contribution < 1.29 is 29.5 Å². The second kappa shape index (κ2) is 14.4. The van der Waals surface area contributed by atoms with Crippen molar-refractivity contribution in [2.75, 3.05) is 33.3 Å². The van der Waals surface area contributed by atoms with Crippen LogP contribution >= 0.6 is 0 Å². The number of aliphatic carboxylic acids is 2. The van der Waals surface area contributed by atoms with Gasteiger partial charge in [-0.2, -0.15) is 0 Å². The zero-order valence-corrected chi connectivity index (χ0v) is 16.3. The van der Waals surface area contributed by atoms with Crippen LogP contribution in [0.5, 0.6) is 5.75 Å². The third-order valence-electron chi connectivity index (χ3n) is 3.83. The Morgan fingerprint density at radius 2 is 1.82 bits per heavy atom. The predicted molar refractivity (Wildman–Crippen MR) is 104 cm³/mol. The normalized spacial score (nSPS) is 10.1. The molecule has 0 radical (unpaired) electrons. The molecule has 0 saturated carbocycles. The number of benzene rings is 1. The summed E-state index contributed by atoms with van der Waals surface area (Å²) in [6, 6.07) is 4.92. The second-order valence-electron chi connectivity index (χ2n) is 5.95. The molecule has 0 aromatic heterocycles. The van der Waals surface area contributed by atoms with Crippen molar-refractivity contribution in [3.05, 3.63) is 33.9 Å². The highest BCUT2D eigenvalue weighted by Gasteiger charge is 2.15. The fourth-order valence-electron chi connectivity index (χ4n) is 2.48. The van der Waals surface area contributed by atoms with Crippen molar-refractivity contribution >= 4 is 17.6 Å². The van der Waals surface area contributed by atoms with Crippen LogP contribution < -0.4 is 10.5 Å². The molecule has 0 atom stereocenters. The minimum absolute atomic E-state index is 0.166. The first-order chi connectivity index (χ1) is 13.3. The Hall–Kier alpha value is -2.72. The van der Waals surface area contributed by atoms with Crippen LogP contribution in [0.1, 0.15) is 31.7 Å². The van der Waals surface area contributed by atoms with Gasteiger partial charge in [0.2, 0.25) is 0 Å². The number of nitrogens with two attached hydrogens (primary N) is 1. The zero-order valence-electron chi connectivity index (χ0n) is 16.3. The summed E-state index contributed by atoms with van der Waals surface area (Å²) in [6.07, 6.45) is 3.80. The van der Waals surface area contributed by atoms with Gasteiger partial charge in [0.1, 0.15) is 5.75 Å². The van der Waals surface area contributed by atoms with Gasteiger partial charge in [0.25, 0.3) is 5.69 Å². The van der Waals surface area contributed by atoms with Gasteiger partial charge in [-0.05, 0) is 57.5 Å². The van der Waals surface area contributed by atoms with Gasteiger partial charge in [0, 0.05) is 18.2 Å². The van der Waals surface area contributed by atoms with Crippen LogP contribution in [0.25, 0.3) is 0 Å². The molecular weight excluding hydrogens is 370 g/mol. The fourth-order valence-corrected chi connectivity index (χ4v) is 2.48. The largest absolute Gasteiger partial charge is 0.497 e. The lowest BCUT2D eigenvalue weighted by atomic mass is 10.1. The van der Waals surface area contributed by atoms with Crippen LogP contribution in [0.4, 0.5) is 5.69 Å². The van der Waals surface area contributed by atoms with Crippen LogP contribution in [0, 0.1) is 10.1 Å². The highest BCUT2D eigenvalue weighted by atomic mass is 16.6. The van der Waals surface area contributed by atoms with Crippen molar-refractivity contribution in [2.24, 2.45) is 5.73 Å². The maximum Gasteiger partial charge on any atom is 0.414 e. The molecule has 4 N–H and O–H groups in total. The van der Waals surface area contributed by atoms with Gasteiger partial charge in [-0.1, -0.05) is 6.92 Å². The van der Waals surface area contributed by atoms with E-state index in [1.165, 1.54) is 6.07 Å². The summed E-state index contributed by atoms with van der Waals surface area (Å²) in [7, 11) is 1.57. The van der Waals surface area contributed by atoms with Crippen LogP contribution in [0.2, 0.25) is 0 Å². The molecule has 0 fully saturated rings. The maximum atomic E-state index is 11.1. The van der Waals surface area contributed by atoms with E-state index >= 15 is 0 Å². The van der Waals surface area contributed by atoms with Crippen molar-refractivity contribution in [3.8, 4) is 5.75 Å². The van der Waals surface area contributed by atoms with E-state index in [1.807, 2.05) is 0 Å². The molecule has 0 aliphatic heterocycles. The second-order valence-corrected chi connectivity index (χ2v) is 5.95. The molecule has 10 nitrogen and oxygen atoms in total. The number of nitro benzene ring substituents is 1. The van der Waals surface area contributed by atoms with E-state index < -0.39 is 11.9 Å². The van der Waals surface area contributed by atoms with E-state index in [2.05, 4.69) is 11.8 Å². The lowest BCUT2D eigenvalue weighted by Gasteiger charge is -2.21. The number of carbonyl (C=O) groups is 2.